The summed E-state index contributed by atoms with van der Waals surface area (Å²) in [6, 6.07) is 2.64. The van der Waals surface area contributed by atoms with Crippen LogP contribution in [0, 0.1) is 10.1 Å². The Labute approximate surface area is 141 Å². The maximum absolute atomic E-state index is 12.1. The van der Waals surface area contributed by atoms with E-state index in [2.05, 4.69) is 10.3 Å². The van der Waals surface area contributed by atoms with Gasteiger partial charge >= 0.3 is 0 Å². The lowest BCUT2D eigenvalue weighted by molar-refractivity contribution is -0.385. The second-order valence-electron chi connectivity index (χ2n) is 5.47. The van der Waals surface area contributed by atoms with Gasteiger partial charge in [0.25, 0.3) is 5.69 Å². The van der Waals surface area contributed by atoms with E-state index in [0.29, 0.717) is 25.3 Å². The van der Waals surface area contributed by atoms with E-state index in [0.717, 1.165) is 12.8 Å². The largest absolute Gasteiger partial charge is 0.365 e. The van der Waals surface area contributed by atoms with E-state index in [4.69, 9.17) is 5.73 Å². The number of aromatic nitrogens is 1. The van der Waals surface area contributed by atoms with Crippen LogP contribution < -0.4 is 11.1 Å². The topological polar surface area (TPSA) is 114 Å². The summed E-state index contributed by atoms with van der Waals surface area (Å²) >= 11 is 0. The van der Waals surface area contributed by atoms with Crippen molar-refractivity contribution >= 4 is 29.8 Å². The Balaban J connectivity index is 0.00000264. The zero-order chi connectivity index (χ0) is 16.1. The first-order valence-electron chi connectivity index (χ1n) is 7.42. The van der Waals surface area contributed by atoms with Gasteiger partial charge in [0, 0.05) is 25.2 Å². The van der Waals surface area contributed by atoms with Gasteiger partial charge in [-0.1, -0.05) is 13.3 Å². The first-order valence-corrected chi connectivity index (χ1v) is 7.42. The second-order valence-corrected chi connectivity index (χ2v) is 5.47. The third kappa shape index (κ3) is 5.04. The van der Waals surface area contributed by atoms with E-state index in [-0.39, 0.29) is 30.0 Å². The average molecular weight is 344 g/mol. The SMILES string of the molecule is CCCC(N)C(=O)N1CCC(Nc2ccc([N+](=O)[O-])cn2)C1.Cl. The van der Waals surface area contributed by atoms with E-state index < -0.39 is 11.0 Å². The Bertz CT molecular complexity index is 540. The van der Waals surface area contributed by atoms with Gasteiger partial charge in [0.1, 0.15) is 12.0 Å². The zero-order valence-corrected chi connectivity index (χ0v) is 13.8. The molecule has 0 saturated carbocycles. The van der Waals surface area contributed by atoms with E-state index in [1.807, 2.05) is 6.92 Å². The van der Waals surface area contributed by atoms with Crippen LogP contribution in [-0.4, -0.2) is 45.9 Å². The monoisotopic (exact) mass is 343 g/mol. The number of likely N-dealkylation sites (tertiary alicyclic amines) is 1. The number of amides is 1. The molecule has 1 aliphatic rings. The van der Waals surface area contributed by atoms with E-state index >= 15 is 0 Å². The van der Waals surface area contributed by atoms with E-state index in [1.165, 1.54) is 12.3 Å². The lowest BCUT2D eigenvalue weighted by atomic mass is 10.1. The normalized spacial score (nSPS) is 18.2. The first kappa shape index (κ1) is 19.1. The maximum Gasteiger partial charge on any atom is 0.287 e. The molecule has 0 aliphatic carbocycles. The third-order valence-corrected chi connectivity index (χ3v) is 3.73. The quantitative estimate of drug-likeness (QED) is 0.598. The summed E-state index contributed by atoms with van der Waals surface area (Å²) in [5.74, 6) is 0.561. The molecule has 2 unspecified atom stereocenters. The maximum atomic E-state index is 12.1. The van der Waals surface area contributed by atoms with Crippen LogP contribution in [0.1, 0.15) is 26.2 Å². The average Bonchev–Trinajstić information content (AvgIpc) is 2.95. The number of anilines is 1. The number of rotatable bonds is 6. The van der Waals surface area contributed by atoms with Crippen LogP contribution in [0.25, 0.3) is 0 Å². The van der Waals surface area contributed by atoms with Gasteiger partial charge in [-0.25, -0.2) is 4.98 Å². The van der Waals surface area contributed by atoms with Crippen molar-refractivity contribution in [3.63, 3.8) is 0 Å². The number of carbonyl (C=O) groups excluding carboxylic acids is 1. The summed E-state index contributed by atoms with van der Waals surface area (Å²) in [5.41, 5.74) is 5.82. The molecule has 0 radical (unpaired) electrons. The van der Waals surface area contributed by atoms with Crippen molar-refractivity contribution in [3.8, 4) is 0 Å². The molecule has 9 heteroatoms. The predicted molar refractivity (Wildman–Crippen MR) is 89.6 cm³/mol. The zero-order valence-electron chi connectivity index (χ0n) is 13.0. The van der Waals surface area contributed by atoms with Crippen molar-refractivity contribution in [1.82, 2.24) is 9.88 Å². The Morgan fingerprint density at radius 1 is 1.61 bits per heavy atom. The Morgan fingerprint density at radius 2 is 2.35 bits per heavy atom. The second kappa shape index (κ2) is 8.64. The third-order valence-electron chi connectivity index (χ3n) is 3.73. The smallest absolute Gasteiger partial charge is 0.287 e. The minimum Gasteiger partial charge on any atom is -0.365 e. The van der Waals surface area contributed by atoms with Crippen LogP contribution in [0.4, 0.5) is 11.5 Å². The molecule has 3 N–H and O–H groups in total. The highest BCUT2D eigenvalue weighted by Gasteiger charge is 2.29. The number of hydrogen-bond donors (Lipinski definition) is 2. The van der Waals surface area contributed by atoms with Gasteiger partial charge in [0.05, 0.1) is 11.0 Å². The summed E-state index contributed by atoms with van der Waals surface area (Å²) in [5, 5.41) is 13.8. The fourth-order valence-corrected chi connectivity index (χ4v) is 2.54. The lowest BCUT2D eigenvalue weighted by Gasteiger charge is -2.21. The molecule has 1 fully saturated rings. The first-order chi connectivity index (χ1) is 10.5. The highest BCUT2D eigenvalue weighted by molar-refractivity contribution is 5.85. The number of hydrogen-bond acceptors (Lipinski definition) is 6. The number of nitrogens with two attached hydrogens (primary N) is 1. The summed E-state index contributed by atoms with van der Waals surface area (Å²) in [6.07, 6.45) is 3.60. The molecule has 0 aromatic carbocycles. The van der Waals surface area contributed by atoms with Crippen molar-refractivity contribution in [1.29, 1.82) is 0 Å². The summed E-state index contributed by atoms with van der Waals surface area (Å²) in [7, 11) is 0. The minimum absolute atomic E-state index is 0. The molecule has 0 spiro atoms. The standard InChI is InChI=1S/C14H21N5O3.ClH/c1-2-3-12(15)14(20)18-7-6-10(9-18)17-13-5-4-11(8-16-13)19(21)22;/h4-5,8,10,12H,2-3,6-7,9,15H2,1H3,(H,16,17);1H. The van der Waals surface area contributed by atoms with Gasteiger partial charge in [-0.2, -0.15) is 0 Å². The molecule has 2 atom stereocenters. The molecule has 0 bridgehead atoms. The Morgan fingerprint density at radius 3 is 2.91 bits per heavy atom. The van der Waals surface area contributed by atoms with Crippen molar-refractivity contribution in [2.24, 2.45) is 5.73 Å². The van der Waals surface area contributed by atoms with Crippen LogP contribution in [-0.2, 0) is 4.79 Å². The number of nitro groups is 1. The van der Waals surface area contributed by atoms with Crippen molar-refractivity contribution in [2.45, 2.75) is 38.3 Å². The fraction of sp³-hybridized carbons (Fsp3) is 0.571. The van der Waals surface area contributed by atoms with Crippen LogP contribution in [0.15, 0.2) is 18.3 Å². The summed E-state index contributed by atoms with van der Waals surface area (Å²) in [4.78, 5) is 28.0. The van der Waals surface area contributed by atoms with Crippen molar-refractivity contribution in [3.05, 3.63) is 28.4 Å². The van der Waals surface area contributed by atoms with Gasteiger partial charge < -0.3 is 16.0 Å². The number of carbonyl (C=O) groups is 1. The minimum atomic E-state index is -0.484. The highest BCUT2D eigenvalue weighted by Crippen LogP contribution is 2.17. The van der Waals surface area contributed by atoms with Crippen LogP contribution >= 0.6 is 12.4 Å². The van der Waals surface area contributed by atoms with Crippen molar-refractivity contribution < 1.29 is 9.72 Å². The molecular formula is C14H22ClN5O3. The van der Waals surface area contributed by atoms with Crippen LogP contribution in [0.5, 0.6) is 0 Å². The molecule has 1 saturated heterocycles. The molecule has 2 heterocycles. The number of nitrogens with one attached hydrogen (secondary N) is 1. The molecule has 1 aromatic heterocycles. The molecule has 2 rings (SSSR count). The highest BCUT2D eigenvalue weighted by atomic mass is 35.5. The molecule has 128 valence electrons. The van der Waals surface area contributed by atoms with E-state index in [9.17, 15) is 14.9 Å². The van der Waals surface area contributed by atoms with E-state index in [1.54, 1.807) is 11.0 Å². The Kier molecular flexibility index (Phi) is 7.18. The predicted octanol–water partition coefficient (Wildman–Crippen LogP) is 1.55. The molecule has 23 heavy (non-hydrogen) atoms. The van der Waals surface area contributed by atoms with Gasteiger partial charge in [0.15, 0.2) is 0 Å². The van der Waals surface area contributed by atoms with Crippen LogP contribution in [0.2, 0.25) is 0 Å². The molecule has 8 nitrogen and oxygen atoms in total. The molecule has 1 amide bonds. The molecule has 1 aromatic rings. The number of nitrogens with zero attached hydrogens (tertiary/aromatic N) is 3. The fourth-order valence-electron chi connectivity index (χ4n) is 2.54. The van der Waals surface area contributed by atoms with Gasteiger partial charge in [-0.3, -0.25) is 14.9 Å². The lowest BCUT2D eigenvalue weighted by Crippen LogP contribution is -2.43. The van der Waals surface area contributed by atoms with Crippen LogP contribution in [0.3, 0.4) is 0 Å². The number of pyridine rings is 1. The van der Waals surface area contributed by atoms with Gasteiger partial charge in [-0.15, -0.1) is 12.4 Å². The van der Waals surface area contributed by atoms with Crippen molar-refractivity contribution in [2.75, 3.05) is 18.4 Å². The number of halogens is 1. The Hall–Kier alpha value is -1.93. The summed E-state index contributed by atoms with van der Waals surface area (Å²) < 4.78 is 0. The molecular weight excluding hydrogens is 322 g/mol. The molecule has 1 aliphatic heterocycles. The summed E-state index contributed by atoms with van der Waals surface area (Å²) in [6.45, 7) is 3.25. The van der Waals surface area contributed by atoms with Gasteiger partial charge in [-0.05, 0) is 18.9 Å². The van der Waals surface area contributed by atoms with Gasteiger partial charge in [0.2, 0.25) is 5.91 Å².